The SMILES string of the molecule is C=CCN(C(=O)CCn1nc(-c2cccs2)oc1=O)c1nc2ccccc2s1. The topological polar surface area (TPSA) is 81.2 Å². The first-order chi connectivity index (χ1) is 13.7. The molecule has 0 aliphatic rings. The molecule has 0 unspecified atom stereocenters. The van der Waals surface area contributed by atoms with Crippen LogP contribution in [-0.2, 0) is 11.3 Å². The Morgan fingerprint density at radius 1 is 1.29 bits per heavy atom. The minimum Gasteiger partial charge on any atom is -0.387 e. The summed E-state index contributed by atoms with van der Waals surface area (Å²) in [6.07, 6.45) is 1.75. The molecular weight excluding hydrogens is 396 g/mol. The molecule has 0 atom stereocenters. The molecule has 0 saturated heterocycles. The highest BCUT2D eigenvalue weighted by Gasteiger charge is 2.20. The molecule has 0 fully saturated rings. The van der Waals surface area contributed by atoms with Gasteiger partial charge in [0, 0.05) is 13.0 Å². The first kappa shape index (κ1) is 18.3. The number of rotatable bonds is 7. The number of thiazole rings is 1. The number of hydrogen-bond donors (Lipinski definition) is 0. The van der Waals surface area contributed by atoms with E-state index in [2.05, 4.69) is 16.7 Å². The smallest absolute Gasteiger partial charge is 0.387 e. The van der Waals surface area contributed by atoms with Gasteiger partial charge in [-0.3, -0.25) is 9.69 Å². The van der Waals surface area contributed by atoms with Gasteiger partial charge in [-0.05, 0) is 23.6 Å². The normalized spacial score (nSPS) is 11.0. The van der Waals surface area contributed by atoms with Crippen LogP contribution in [-0.4, -0.2) is 27.2 Å². The number of hydrogen-bond acceptors (Lipinski definition) is 7. The summed E-state index contributed by atoms with van der Waals surface area (Å²) in [4.78, 5) is 31.7. The summed E-state index contributed by atoms with van der Waals surface area (Å²) in [6.45, 7) is 4.20. The highest BCUT2D eigenvalue weighted by Crippen LogP contribution is 2.29. The van der Waals surface area contributed by atoms with Crippen LogP contribution in [0.25, 0.3) is 21.0 Å². The van der Waals surface area contributed by atoms with E-state index in [9.17, 15) is 9.59 Å². The van der Waals surface area contributed by atoms with E-state index in [4.69, 9.17) is 4.42 Å². The summed E-state index contributed by atoms with van der Waals surface area (Å²) in [7, 11) is 0. The third-order valence-electron chi connectivity index (χ3n) is 4.00. The zero-order valence-corrected chi connectivity index (χ0v) is 16.4. The van der Waals surface area contributed by atoms with E-state index in [1.165, 1.54) is 27.4 Å². The third kappa shape index (κ3) is 3.67. The minimum atomic E-state index is -0.577. The van der Waals surface area contributed by atoms with Gasteiger partial charge in [-0.15, -0.1) is 23.0 Å². The third-order valence-corrected chi connectivity index (χ3v) is 5.92. The second kappa shape index (κ2) is 7.91. The van der Waals surface area contributed by atoms with Crippen molar-refractivity contribution in [3.63, 3.8) is 0 Å². The lowest BCUT2D eigenvalue weighted by Gasteiger charge is -2.17. The van der Waals surface area contributed by atoms with Gasteiger partial charge in [0.05, 0.1) is 21.6 Å². The summed E-state index contributed by atoms with van der Waals surface area (Å²) in [5.41, 5.74) is 0.845. The Morgan fingerprint density at radius 2 is 2.14 bits per heavy atom. The summed E-state index contributed by atoms with van der Waals surface area (Å²) >= 11 is 2.88. The monoisotopic (exact) mass is 412 g/mol. The van der Waals surface area contributed by atoms with Crippen LogP contribution in [0.3, 0.4) is 0 Å². The molecule has 0 N–H and O–H groups in total. The number of fused-ring (bicyclic) bond motifs is 1. The molecule has 142 valence electrons. The van der Waals surface area contributed by atoms with Gasteiger partial charge in [0.1, 0.15) is 0 Å². The molecule has 0 bridgehead atoms. The number of carbonyl (C=O) groups excluding carboxylic acids is 1. The van der Waals surface area contributed by atoms with Crippen LogP contribution in [0.5, 0.6) is 0 Å². The van der Waals surface area contributed by atoms with Crippen molar-refractivity contribution >= 4 is 43.9 Å². The molecule has 9 heteroatoms. The summed E-state index contributed by atoms with van der Waals surface area (Å²) in [6, 6.07) is 11.4. The first-order valence-corrected chi connectivity index (χ1v) is 10.2. The number of aryl methyl sites for hydroxylation is 1. The van der Waals surface area contributed by atoms with Gasteiger partial charge in [-0.1, -0.05) is 35.6 Å². The van der Waals surface area contributed by atoms with Gasteiger partial charge in [-0.25, -0.2) is 9.78 Å². The zero-order valence-electron chi connectivity index (χ0n) is 14.8. The van der Waals surface area contributed by atoms with Crippen molar-refractivity contribution < 1.29 is 9.21 Å². The standard InChI is InChI=1S/C19H16N4O3S2/c1-2-10-22(18-20-13-6-3-4-7-14(13)28-18)16(24)9-11-23-19(25)26-17(21-23)15-8-5-12-27-15/h2-8,12H,1,9-11H2. The quantitative estimate of drug-likeness (QED) is 0.432. The highest BCUT2D eigenvalue weighted by molar-refractivity contribution is 7.22. The number of aromatic nitrogens is 3. The van der Waals surface area contributed by atoms with Gasteiger partial charge < -0.3 is 4.42 Å². The molecular formula is C19H16N4O3S2. The average Bonchev–Trinajstić information content (AvgIpc) is 3.43. The molecule has 1 amide bonds. The molecule has 7 nitrogen and oxygen atoms in total. The second-order valence-electron chi connectivity index (χ2n) is 5.88. The van der Waals surface area contributed by atoms with Crippen molar-refractivity contribution in [1.82, 2.24) is 14.8 Å². The molecule has 0 aliphatic carbocycles. The maximum Gasteiger partial charge on any atom is 0.437 e. The summed E-state index contributed by atoms with van der Waals surface area (Å²) < 4.78 is 7.36. The molecule has 0 aliphatic heterocycles. The number of para-hydroxylation sites is 1. The van der Waals surface area contributed by atoms with E-state index in [1.54, 1.807) is 11.0 Å². The lowest BCUT2D eigenvalue weighted by molar-refractivity contribution is -0.118. The van der Waals surface area contributed by atoms with Crippen LogP contribution < -0.4 is 10.7 Å². The fourth-order valence-electron chi connectivity index (χ4n) is 2.68. The van der Waals surface area contributed by atoms with E-state index in [0.717, 1.165) is 15.1 Å². The van der Waals surface area contributed by atoms with Crippen LogP contribution in [0.1, 0.15) is 6.42 Å². The van der Waals surface area contributed by atoms with E-state index < -0.39 is 5.76 Å². The molecule has 0 spiro atoms. The van der Waals surface area contributed by atoms with Crippen molar-refractivity contribution in [3.05, 3.63) is 65.0 Å². The molecule has 3 aromatic heterocycles. The largest absolute Gasteiger partial charge is 0.437 e. The fourth-order valence-corrected chi connectivity index (χ4v) is 4.31. The Morgan fingerprint density at radius 3 is 2.89 bits per heavy atom. The van der Waals surface area contributed by atoms with E-state index >= 15 is 0 Å². The Labute approximate surface area is 168 Å². The van der Waals surface area contributed by atoms with Crippen molar-refractivity contribution in [2.24, 2.45) is 0 Å². The Kier molecular flexibility index (Phi) is 5.18. The summed E-state index contributed by atoms with van der Waals surface area (Å²) in [5.74, 6) is -0.473. The van der Waals surface area contributed by atoms with Crippen LogP contribution in [0, 0.1) is 0 Å². The Hall–Kier alpha value is -3.04. The molecule has 28 heavy (non-hydrogen) atoms. The number of benzene rings is 1. The second-order valence-corrected chi connectivity index (χ2v) is 7.84. The number of nitrogens with zero attached hydrogens (tertiary/aromatic N) is 4. The number of amides is 1. The van der Waals surface area contributed by atoms with Gasteiger partial charge in [-0.2, -0.15) is 4.68 Å². The lowest BCUT2D eigenvalue weighted by atomic mass is 10.3. The fraction of sp³-hybridized carbons (Fsp3) is 0.158. The number of thiophene rings is 1. The molecule has 4 rings (SSSR count). The molecule has 3 heterocycles. The first-order valence-electron chi connectivity index (χ1n) is 8.54. The number of carbonyl (C=O) groups is 1. The van der Waals surface area contributed by atoms with E-state index in [1.807, 2.05) is 41.8 Å². The van der Waals surface area contributed by atoms with Crippen molar-refractivity contribution in [2.45, 2.75) is 13.0 Å². The van der Waals surface area contributed by atoms with Crippen molar-refractivity contribution in [2.75, 3.05) is 11.4 Å². The van der Waals surface area contributed by atoms with Crippen LogP contribution in [0.15, 0.2) is 63.6 Å². The van der Waals surface area contributed by atoms with Gasteiger partial charge in [0.2, 0.25) is 5.91 Å². The Balaban J connectivity index is 1.51. The van der Waals surface area contributed by atoms with E-state index in [0.29, 0.717) is 11.7 Å². The van der Waals surface area contributed by atoms with Crippen molar-refractivity contribution in [3.8, 4) is 10.8 Å². The van der Waals surface area contributed by atoms with Gasteiger partial charge >= 0.3 is 5.76 Å². The lowest BCUT2D eigenvalue weighted by Crippen LogP contribution is -2.32. The predicted molar refractivity (Wildman–Crippen MR) is 111 cm³/mol. The van der Waals surface area contributed by atoms with Gasteiger partial charge in [0.25, 0.3) is 5.89 Å². The Bertz CT molecular complexity index is 1140. The van der Waals surface area contributed by atoms with Gasteiger partial charge in [0.15, 0.2) is 5.13 Å². The number of anilines is 1. The van der Waals surface area contributed by atoms with Crippen molar-refractivity contribution in [1.29, 1.82) is 0 Å². The van der Waals surface area contributed by atoms with Crippen LogP contribution in [0.4, 0.5) is 5.13 Å². The highest BCUT2D eigenvalue weighted by atomic mass is 32.1. The molecule has 0 saturated carbocycles. The van der Waals surface area contributed by atoms with Crippen LogP contribution in [0.2, 0.25) is 0 Å². The predicted octanol–water partition coefficient (Wildman–Crippen LogP) is 3.78. The maximum absolute atomic E-state index is 12.8. The minimum absolute atomic E-state index is 0.0973. The summed E-state index contributed by atoms with van der Waals surface area (Å²) in [5, 5.41) is 6.67. The maximum atomic E-state index is 12.8. The molecule has 4 aromatic rings. The molecule has 0 radical (unpaired) electrons. The zero-order chi connectivity index (χ0) is 19.5. The molecule has 1 aromatic carbocycles. The van der Waals surface area contributed by atoms with E-state index in [-0.39, 0.29) is 24.8 Å². The average molecular weight is 412 g/mol. The van der Waals surface area contributed by atoms with Crippen LogP contribution >= 0.6 is 22.7 Å².